The SMILES string of the molecule is Cc1nn(CC(=O)N2CCN(c3ccc([N+](=O)[O-])cc3)CC2)c(=O)c2ccccc12. The second-order valence-electron chi connectivity index (χ2n) is 7.24. The Morgan fingerprint density at radius 1 is 1.03 bits per heavy atom. The summed E-state index contributed by atoms with van der Waals surface area (Å²) >= 11 is 0. The van der Waals surface area contributed by atoms with Gasteiger partial charge in [-0.05, 0) is 25.1 Å². The first kappa shape index (κ1) is 19.6. The van der Waals surface area contributed by atoms with Crippen molar-refractivity contribution in [2.75, 3.05) is 31.1 Å². The molecule has 3 aromatic rings. The third-order valence-electron chi connectivity index (χ3n) is 5.40. The second-order valence-corrected chi connectivity index (χ2v) is 7.24. The summed E-state index contributed by atoms with van der Waals surface area (Å²) in [5.74, 6) is -0.150. The van der Waals surface area contributed by atoms with E-state index in [0.717, 1.165) is 11.1 Å². The summed E-state index contributed by atoms with van der Waals surface area (Å²) in [5.41, 5.74) is 1.38. The minimum absolute atomic E-state index is 0.0520. The van der Waals surface area contributed by atoms with Crippen molar-refractivity contribution < 1.29 is 9.72 Å². The van der Waals surface area contributed by atoms with Crippen LogP contribution in [0.3, 0.4) is 0 Å². The van der Waals surface area contributed by atoms with E-state index in [1.54, 1.807) is 29.2 Å². The van der Waals surface area contributed by atoms with Crippen LogP contribution < -0.4 is 10.5 Å². The molecule has 30 heavy (non-hydrogen) atoms. The van der Waals surface area contributed by atoms with Crippen LogP contribution in [0.4, 0.5) is 11.4 Å². The fourth-order valence-corrected chi connectivity index (χ4v) is 3.74. The maximum atomic E-state index is 12.8. The summed E-state index contributed by atoms with van der Waals surface area (Å²) in [6, 6.07) is 13.6. The number of anilines is 1. The van der Waals surface area contributed by atoms with E-state index in [2.05, 4.69) is 10.00 Å². The minimum atomic E-state index is -0.426. The molecule has 2 aromatic carbocycles. The predicted octanol–water partition coefficient (Wildman–Crippen LogP) is 1.96. The van der Waals surface area contributed by atoms with Crippen LogP contribution in [0.5, 0.6) is 0 Å². The first-order chi connectivity index (χ1) is 14.4. The molecule has 154 valence electrons. The predicted molar refractivity (Wildman–Crippen MR) is 113 cm³/mol. The largest absolute Gasteiger partial charge is 0.368 e. The molecule has 2 heterocycles. The van der Waals surface area contributed by atoms with Crippen molar-refractivity contribution in [1.82, 2.24) is 14.7 Å². The van der Waals surface area contributed by atoms with E-state index in [1.165, 1.54) is 16.8 Å². The average molecular weight is 407 g/mol. The van der Waals surface area contributed by atoms with Gasteiger partial charge in [-0.1, -0.05) is 18.2 Å². The molecule has 0 N–H and O–H groups in total. The summed E-state index contributed by atoms with van der Waals surface area (Å²) < 4.78 is 1.24. The van der Waals surface area contributed by atoms with Gasteiger partial charge >= 0.3 is 0 Å². The van der Waals surface area contributed by atoms with Crippen LogP contribution in [0.25, 0.3) is 10.8 Å². The number of piperazine rings is 1. The molecule has 0 bridgehead atoms. The van der Waals surface area contributed by atoms with Crippen molar-refractivity contribution in [2.45, 2.75) is 13.5 Å². The van der Waals surface area contributed by atoms with Gasteiger partial charge in [0.05, 0.1) is 16.0 Å². The number of non-ortho nitro benzene ring substituents is 1. The number of nitro benzene ring substituents is 1. The highest BCUT2D eigenvalue weighted by molar-refractivity contribution is 5.83. The van der Waals surface area contributed by atoms with Crippen molar-refractivity contribution in [3.05, 3.63) is 74.7 Å². The van der Waals surface area contributed by atoms with Crippen molar-refractivity contribution in [1.29, 1.82) is 0 Å². The van der Waals surface area contributed by atoms with Gasteiger partial charge in [-0.15, -0.1) is 0 Å². The van der Waals surface area contributed by atoms with Crippen molar-refractivity contribution in [2.24, 2.45) is 0 Å². The molecule has 9 nitrogen and oxygen atoms in total. The lowest BCUT2D eigenvalue weighted by Gasteiger charge is -2.36. The topological polar surface area (TPSA) is 102 Å². The molecule has 0 spiro atoms. The van der Waals surface area contributed by atoms with E-state index < -0.39 is 4.92 Å². The van der Waals surface area contributed by atoms with Crippen LogP contribution in [0.1, 0.15) is 5.69 Å². The van der Waals surface area contributed by atoms with E-state index >= 15 is 0 Å². The Kier molecular flexibility index (Phi) is 5.18. The summed E-state index contributed by atoms with van der Waals surface area (Å²) in [4.78, 5) is 39.6. The third kappa shape index (κ3) is 3.73. The maximum Gasteiger partial charge on any atom is 0.275 e. The summed E-state index contributed by atoms with van der Waals surface area (Å²) in [6.07, 6.45) is 0. The molecule has 0 unspecified atom stereocenters. The fraction of sp³-hybridized carbons (Fsp3) is 0.286. The summed E-state index contributed by atoms with van der Waals surface area (Å²) in [7, 11) is 0. The molecule has 0 radical (unpaired) electrons. The highest BCUT2D eigenvalue weighted by atomic mass is 16.6. The number of carbonyl (C=O) groups excluding carboxylic acids is 1. The number of aryl methyl sites for hydroxylation is 1. The quantitative estimate of drug-likeness (QED) is 0.484. The Hall–Kier alpha value is -3.75. The Morgan fingerprint density at radius 3 is 2.30 bits per heavy atom. The fourth-order valence-electron chi connectivity index (χ4n) is 3.74. The molecule has 1 aliphatic rings. The second kappa shape index (κ2) is 7.94. The number of nitrogens with zero attached hydrogens (tertiary/aromatic N) is 5. The molecule has 1 amide bonds. The molecule has 1 aromatic heterocycles. The third-order valence-corrected chi connectivity index (χ3v) is 5.40. The lowest BCUT2D eigenvalue weighted by Crippen LogP contribution is -2.50. The molecule has 1 saturated heterocycles. The molecular weight excluding hydrogens is 386 g/mol. The first-order valence-electron chi connectivity index (χ1n) is 9.67. The molecule has 0 aliphatic carbocycles. The lowest BCUT2D eigenvalue weighted by molar-refractivity contribution is -0.384. The standard InChI is InChI=1S/C21H21N5O4/c1-15-18-4-2-3-5-19(18)21(28)25(22-15)14-20(27)24-12-10-23(11-13-24)16-6-8-17(9-7-16)26(29)30/h2-9H,10-14H2,1H3. The highest BCUT2D eigenvalue weighted by Gasteiger charge is 2.23. The molecule has 1 aliphatic heterocycles. The van der Waals surface area contributed by atoms with Crippen molar-refractivity contribution >= 4 is 28.1 Å². The van der Waals surface area contributed by atoms with Crippen LogP contribution in [-0.2, 0) is 11.3 Å². The molecule has 0 saturated carbocycles. The number of benzene rings is 2. The minimum Gasteiger partial charge on any atom is -0.368 e. The van der Waals surface area contributed by atoms with Gasteiger partial charge in [0, 0.05) is 49.4 Å². The monoisotopic (exact) mass is 407 g/mol. The van der Waals surface area contributed by atoms with E-state index in [1.807, 2.05) is 19.1 Å². The van der Waals surface area contributed by atoms with Gasteiger partial charge in [0.15, 0.2) is 0 Å². The lowest BCUT2D eigenvalue weighted by atomic mass is 10.1. The number of hydrogen-bond acceptors (Lipinski definition) is 6. The number of rotatable bonds is 4. The van der Waals surface area contributed by atoms with Gasteiger partial charge in [-0.2, -0.15) is 5.10 Å². The Labute approximate surface area is 172 Å². The zero-order valence-corrected chi connectivity index (χ0v) is 16.5. The first-order valence-corrected chi connectivity index (χ1v) is 9.67. The molecule has 9 heteroatoms. The maximum absolute atomic E-state index is 12.8. The van der Waals surface area contributed by atoms with E-state index in [4.69, 9.17) is 0 Å². The zero-order chi connectivity index (χ0) is 21.3. The molecular formula is C21H21N5O4. The van der Waals surface area contributed by atoms with Crippen LogP contribution in [-0.4, -0.2) is 51.7 Å². The number of fused-ring (bicyclic) bond motifs is 1. The van der Waals surface area contributed by atoms with Gasteiger partial charge in [-0.3, -0.25) is 19.7 Å². The van der Waals surface area contributed by atoms with Crippen LogP contribution in [0, 0.1) is 17.0 Å². The number of nitro groups is 1. The number of amides is 1. The van der Waals surface area contributed by atoms with Crippen LogP contribution in [0.15, 0.2) is 53.3 Å². The van der Waals surface area contributed by atoms with Crippen molar-refractivity contribution in [3.8, 4) is 0 Å². The van der Waals surface area contributed by atoms with Gasteiger partial charge in [0.1, 0.15) is 6.54 Å². The van der Waals surface area contributed by atoms with Crippen LogP contribution in [0.2, 0.25) is 0 Å². The molecule has 1 fully saturated rings. The van der Waals surface area contributed by atoms with Gasteiger partial charge < -0.3 is 9.80 Å². The normalized spacial score (nSPS) is 14.2. The highest BCUT2D eigenvalue weighted by Crippen LogP contribution is 2.20. The van der Waals surface area contributed by atoms with Gasteiger partial charge in [-0.25, -0.2) is 4.68 Å². The number of aromatic nitrogens is 2. The average Bonchev–Trinajstić information content (AvgIpc) is 2.77. The Balaban J connectivity index is 1.43. The molecule has 0 atom stereocenters. The summed E-state index contributed by atoms with van der Waals surface area (Å²) in [6.45, 7) is 3.98. The van der Waals surface area contributed by atoms with Gasteiger partial charge in [0.25, 0.3) is 11.2 Å². The number of hydrogen-bond donors (Lipinski definition) is 0. The zero-order valence-electron chi connectivity index (χ0n) is 16.5. The van der Waals surface area contributed by atoms with Crippen LogP contribution >= 0.6 is 0 Å². The smallest absolute Gasteiger partial charge is 0.275 e. The summed E-state index contributed by atoms with van der Waals surface area (Å²) in [5, 5.41) is 16.5. The van der Waals surface area contributed by atoms with E-state index in [0.29, 0.717) is 37.3 Å². The molecule has 4 rings (SSSR count). The Morgan fingerprint density at radius 2 is 1.67 bits per heavy atom. The van der Waals surface area contributed by atoms with Crippen molar-refractivity contribution in [3.63, 3.8) is 0 Å². The van der Waals surface area contributed by atoms with E-state index in [-0.39, 0.29) is 23.7 Å². The van der Waals surface area contributed by atoms with Gasteiger partial charge in [0.2, 0.25) is 5.91 Å². The number of carbonyl (C=O) groups is 1. The Bertz CT molecular complexity index is 1160. The van der Waals surface area contributed by atoms with E-state index in [9.17, 15) is 19.7 Å².